The van der Waals surface area contributed by atoms with E-state index in [-0.39, 0.29) is 42.8 Å². The van der Waals surface area contributed by atoms with E-state index in [4.69, 9.17) is 4.74 Å². The maximum atomic E-state index is 14.5. The summed E-state index contributed by atoms with van der Waals surface area (Å²) in [6, 6.07) is 6.67. The predicted octanol–water partition coefficient (Wildman–Crippen LogP) is 3.62. The van der Waals surface area contributed by atoms with Crippen molar-refractivity contribution in [2.45, 2.75) is 100 Å². The summed E-state index contributed by atoms with van der Waals surface area (Å²) in [6.45, 7) is 1.75. The van der Waals surface area contributed by atoms with Gasteiger partial charge in [0.15, 0.2) is 0 Å². The van der Waals surface area contributed by atoms with Gasteiger partial charge in [-0.05, 0) is 81.3 Å². The van der Waals surface area contributed by atoms with E-state index < -0.39 is 80.2 Å². The summed E-state index contributed by atoms with van der Waals surface area (Å²) in [7, 11) is -3.93. The van der Waals surface area contributed by atoms with Gasteiger partial charge in [0.25, 0.3) is 11.8 Å². The van der Waals surface area contributed by atoms with Gasteiger partial charge >= 0.3 is 0 Å². The van der Waals surface area contributed by atoms with Crippen LogP contribution in [0.4, 0.5) is 8.78 Å². The third-order valence-electron chi connectivity index (χ3n) is 10.5. The van der Waals surface area contributed by atoms with Crippen molar-refractivity contribution in [1.29, 1.82) is 0 Å². The van der Waals surface area contributed by atoms with E-state index in [9.17, 15) is 36.4 Å². The molecular formula is C38H42F2N6O7S. The van der Waals surface area contributed by atoms with E-state index in [2.05, 4.69) is 25.3 Å². The molecule has 1 aromatic heterocycles. The highest BCUT2D eigenvalue weighted by Gasteiger charge is 2.62. The van der Waals surface area contributed by atoms with Gasteiger partial charge in [0.05, 0.1) is 22.8 Å². The molecule has 2 saturated carbocycles. The third kappa shape index (κ3) is 7.93. The van der Waals surface area contributed by atoms with Crippen LogP contribution in [0, 0.1) is 17.6 Å². The highest BCUT2D eigenvalue weighted by molar-refractivity contribution is 7.91. The van der Waals surface area contributed by atoms with Gasteiger partial charge in [-0.25, -0.2) is 27.2 Å². The number of ether oxygens (including phenoxy) is 1. The Morgan fingerprint density at radius 3 is 2.50 bits per heavy atom. The van der Waals surface area contributed by atoms with E-state index >= 15 is 0 Å². The highest BCUT2D eigenvalue weighted by atomic mass is 32.2. The lowest BCUT2D eigenvalue weighted by Crippen LogP contribution is -2.58. The standard InChI is InChI=1S/C38H42F2N6O7S/c1-2-28-35(43-31-18-25(40)14-17-29(31)41-28)53-26-19-32-34(48)44-38(37(50)45-54(51,52)27-15-16-27)20-23(38)8-6-4-3-5-7-9-30(36(49)46(32)21-26)42-33(47)22-10-12-24(39)13-11-22/h6,8,10-14,17-18,23,26-27,30,32H,2-5,7,9,15-16,19-21H2,1H3,(H,42,47)(H,44,48)(H,45,50)/b8-6-. The van der Waals surface area contributed by atoms with Crippen LogP contribution >= 0.6 is 0 Å². The number of aromatic nitrogens is 2. The second kappa shape index (κ2) is 15.0. The number of sulfonamides is 1. The molecule has 3 heterocycles. The van der Waals surface area contributed by atoms with Crippen LogP contribution in [0.2, 0.25) is 0 Å². The lowest BCUT2D eigenvalue weighted by Gasteiger charge is -2.30. The Labute approximate surface area is 311 Å². The fourth-order valence-corrected chi connectivity index (χ4v) is 8.58. The summed E-state index contributed by atoms with van der Waals surface area (Å²) in [4.78, 5) is 66.3. The van der Waals surface area contributed by atoms with Crippen molar-refractivity contribution in [2.24, 2.45) is 5.92 Å². The molecule has 3 fully saturated rings. The van der Waals surface area contributed by atoms with Crippen molar-refractivity contribution in [1.82, 2.24) is 30.2 Å². The molecule has 2 aliphatic heterocycles. The molecule has 3 N–H and O–H groups in total. The summed E-state index contributed by atoms with van der Waals surface area (Å²) < 4.78 is 61.9. The number of carbonyl (C=O) groups is 4. The number of nitrogens with zero attached hydrogens (tertiary/aromatic N) is 3. The number of amides is 4. The maximum absolute atomic E-state index is 14.5. The fraction of sp³-hybridized carbons (Fsp3) is 0.474. The normalized spacial score (nSPS) is 26.8. The first-order valence-corrected chi connectivity index (χ1v) is 20.0. The predicted molar refractivity (Wildman–Crippen MR) is 192 cm³/mol. The SMILES string of the molecule is CCc1nc2ccc(F)cc2nc1OC1CC2C(=O)NC3(C(=O)NS(=O)(=O)C4CC4)CC3/C=C\CCCCCC(NC(=O)c3ccc(F)cc3)C(=O)N2C1. The Morgan fingerprint density at radius 1 is 1.00 bits per heavy atom. The molecule has 286 valence electrons. The Morgan fingerprint density at radius 2 is 1.76 bits per heavy atom. The zero-order valence-corrected chi connectivity index (χ0v) is 30.5. The zero-order valence-electron chi connectivity index (χ0n) is 29.7. The zero-order chi connectivity index (χ0) is 38.2. The van der Waals surface area contributed by atoms with Crippen molar-refractivity contribution in [3.05, 3.63) is 77.5 Å². The topological polar surface area (TPSA) is 177 Å². The van der Waals surface area contributed by atoms with Gasteiger partial charge in [-0.1, -0.05) is 31.9 Å². The maximum Gasteiger partial charge on any atom is 0.259 e. The van der Waals surface area contributed by atoms with Gasteiger partial charge in [-0.2, -0.15) is 0 Å². The third-order valence-corrected chi connectivity index (χ3v) is 12.3. The number of fused-ring (bicyclic) bond motifs is 3. The molecule has 0 bridgehead atoms. The number of nitrogens with one attached hydrogen (secondary N) is 3. The van der Waals surface area contributed by atoms with Gasteiger partial charge in [-0.3, -0.25) is 23.9 Å². The molecule has 13 nitrogen and oxygen atoms in total. The fourth-order valence-electron chi connectivity index (χ4n) is 7.22. The Balaban J connectivity index is 1.20. The van der Waals surface area contributed by atoms with Crippen LogP contribution in [0.25, 0.3) is 11.0 Å². The number of hydrogen-bond donors (Lipinski definition) is 3. The lowest BCUT2D eigenvalue weighted by atomic mass is 10.0. The van der Waals surface area contributed by atoms with Crippen LogP contribution in [0.5, 0.6) is 5.88 Å². The number of benzene rings is 2. The quantitative estimate of drug-likeness (QED) is 0.289. The van der Waals surface area contributed by atoms with Crippen molar-refractivity contribution in [3.63, 3.8) is 0 Å². The number of rotatable bonds is 8. The Kier molecular flexibility index (Phi) is 10.4. The first kappa shape index (κ1) is 37.3. The number of halogens is 2. The van der Waals surface area contributed by atoms with E-state index in [0.29, 0.717) is 49.7 Å². The molecule has 0 radical (unpaired) electrons. The molecule has 2 aromatic carbocycles. The van der Waals surface area contributed by atoms with Crippen LogP contribution < -0.4 is 20.1 Å². The summed E-state index contributed by atoms with van der Waals surface area (Å²) in [5.41, 5.74) is -0.194. The number of allylic oxidation sites excluding steroid dienone is 1. The number of hydrogen-bond acceptors (Lipinski definition) is 9. The van der Waals surface area contributed by atoms with Crippen molar-refractivity contribution >= 4 is 44.7 Å². The number of carbonyl (C=O) groups excluding carboxylic acids is 4. The summed E-state index contributed by atoms with van der Waals surface area (Å²) >= 11 is 0. The van der Waals surface area contributed by atoms with Crippen molar-refractivity contribution in [2.75, 3.05) is 6.54 Å². The molecule has 0 spiro atoms. The minimum atomic E-state index is -3.93. The molecule has 1 saturated heterocycles. The van der Waals surface area contributed by atoms with E-state index in [0.717, 1.165) is 18.6 Å². The van der Waals surface area contributed by atoms with Crippen LogP contribution in [-0.4, -0.2) is 82.4 Å². The van der Waals surface area contributed by atoms with Crippen LogP contribution in [0.3, 0.4) is 0 Å². The molecule has 5 atom stereocenters. The largest absolute Gasteiger partial charge is 0.471 e. The minimum absolute atomic E-state index is 0.0409. The van der Waals surface area contributed by atoms with Gasteiger partial charge in [-0.15, -0.1) is 0 Å². The highest BCUT2D eigenvalue weighted by Crippen LogP contribution is 2.46. The Hall–Kier alpha value is -4.99. The summed E-state index contributed by atoms with van der Waals surface area (Å²) in [5.74, 6) is -4.06. The monoisotopic (exact) mass is 764 g/mol. The van der Waals surface area contributed by atoms with E-state index in [1.165, 1.54) is 35.2 Å². The van der Waals surface area contributed by atoms with E-state index in [1.807, 2.05) is 19.1 Å². The second-order valence-corrected chi connectivity index (χ2v) is 16.5. The smallest absolute Gasteiger partial charge is 0.259 e. The lowest BCUT2D eigenvalue weighted by molar-refractivity contribution is -0.141. The molecule has 16 heteroatoms. The summed E-state index contributed by atoms with van der Waals surface area (Å²) in [6.07, 6.45) is 7.29. The molecule has 3 aromatic rings. The van der Waals surface area contributed by atoms with Gasteiger partial charge in [0.2, 0.25) is 27.7 Å². The minimum Gasteiger partial charge on any atom is -0.471 e. The molecule has 4 aliphatic rings. The van der Waals surface area contributed by atoms with Gasteiger partial charge < -0.3 is 20.3 Å². The molecular weight excluding hydrogens is 723 g/mol. The van der Waals surface area contributed by atoms with E-state index in [1.54, 1.807) is 0 Å². The first-order chi connectivity index (χ1) is 25.9. The Bertz CT molecular complexity index is 2110. The van der Waals surface area contributed by atoms with Crippen LogP contribution in [-0.2, 0) is 30.8 Å². The van der Waals surface area contributed by atoms with Gasteiger partial charge in [0, 0.05) is 24.0 Å². The average molecular weight is 765 g/mol. The van der Waals surface area contributed by atoms with Crippen molar-refractivity contribution in [3.8, 4) is 5.88 Å². The van der Waals surface area contributed by atoms with Crippen LogP contribution in [0.1, 0.15) is 80.8 Å². The van der Waals surface area contributed by atoms with Gasteiger partial charge in [0.1, 0.15) is 41.1 Å². The molecule has 7 rings (SSSR count). The summed E-state index contributed by atoms with van der Waals surface area (Å²) in [5, 5.41) is 4.96. The molecule has 5 unspecified atom stereocenters. The average Bonchev–Trinajstić information content (AvgIpc) is 4.07. The molecule has 2 aliphatic carbocycles. The molecule has 4 amide bonds. The van der Waals surface area contributed by atoms with Crippen LogP contribution in [0.15, 0.2) is 54.6 Å². The van der Waals surface area contributed by atoms with Crippen molar-refractivity contribution < 1.29 is 41.1 Å². The number of aryl methyl sites for hydroxylation is 1. The molecule has 54 heavy (non-hydrogen) atoms. The second-order valence-electron chi connectivity index (χ2n) is 14.5. The first-order valence-electron chi connectivity index (χ1n) is 18.4.